The second-order valence-corrected chi connectivity index (χ2v) is 14.4. The van der Waals surface area contributed by atoms with E-state index in [0.29, 0.717) is 5.89 Å². The number of rotatable bonds is 6. The summed E-state index contributed by atoms with van der Waals surface area (Å²) in [6.07, 6.45) is 0. The number of oxazole rings is 1. The number of benzene rings is 8. The quantitative estimate of drug-likeness (QED) is 0.175. The maximum Gasteiger partial charge on any atom is 0.227 e. The van der Waals surface area contributed by atoms with E-state index in [4.69, 9.17) is 9.40 Å². The molecule has 0 amide bonds. The van der Waals surface area contributed by atoms with Gasteiger partial charge in [-0.15, -0.1) is 0 Å². The number of para-hydroxylation sites is 1. The van der Waals surface area contributed by atoms with Crippen LogP contribution in [0.4, 0.5) is 17.1 Å². The molecule has 0 unspecified atom stereocenters. The van der Waals surface area contributed by atoms with Crippen LogP contribution >= 0.6 is 0 Å². The topological polar surface area (TPSA) is 29.3 Å². The lowest BCUT2D eigenvalue weighted by atomic mass is 9.82. The molecule has 1 aromatic heterocycles. The molecule has 0 saturated carbocycles. The third-order valence-corrected chi connectivity index (χ3v) is 10.9. The van der Waals surface area contributed by atoms with Crippen molar-refractivity contribution in [1.29, 1.82) is 0 Å². The highest BCUT2D eigenvalue weighted by Gasteiger charge is 2.36. The first-order chi connectivity index (χ1) is 26.0. The van der Waals surface area contributed by atoms with Gasteiger partial charge in [-0.05, 0) is 98.9 Å². The summed E-state index contributed by atoms with van der Waals surface area (Å²) in [7, 11) is 0. The molecule has 10 rings (SSSR count). The molecule has 0 atom stereocenters. The molecule has 53 heavy (non-hydrogen) atoms. The molecule has 0 fully saturated rings. The van der Waals surface area contributed by atoms with Crippen molar-refractivity contribution in [2.24, 2.45) is 0 Å². The molecule has 3 nitrogen and oxygen atoms in total. The van der Waals surface area contributed by atoms with Crippen LogP contribution in [-0.4, -0.2) is 4.98 Å². The molecule has 1 heterocycles. The monoisotopic (exact) mass is 680 g/mol. The van der Waals surface area contributed by atoms with Gasteiger partial charge in [-0.25, -0.2) is 4.98 Å². The highest BCUT2D eigenvalue weighted by molar-refractivity contribution is 6.10. The summed E-state index contributed by atoms with van der Waals surface area (Å²) in [5.41, 5.74) is 16.0. The molecular weight excluding hydrogens is 645 g/mol. The van der Waals surface area contributed by atoms with E-state index in [1.165, 1.54) is 33.4 Å². The fourth-order valence-electron chi connectivity index (χ4n) is 8.26. The lowest BCUT2D eigenvalue weighted by Crippen LogP contribution is -2.14. The summed E-state index contributed by atoms with van der Waals surface area (Å²) < 4.78 is 6.48. The number of anilines is 3. The Hall–Kier alpha value is -6.71. The second-order valence-electron chi connectivity index (χ2n) is 14.4. The zero-order chi connectivity index (χ0) is 35.5. The van der Waals surface area contributed by atoms with Crippen LogP contribution in [0, 0.1) is 0 Å². The minimum Gasteiger partial charge on any atom is -0.435 e. The molecule has 0 spiro atoms. The van der Waals surface area contributed by atoms with E-state index in [2.05, 4.69) is 170 Å². The standard InChI is InChI=1S/C50H36N2O/c1-50(2)44-22-12-11-20-42(44)46-40(21-13-23-45(46)50)33-24-28-38(29-25-33)52(37-17-7-4-8-18-37)39-30-26-34(27-31-39)43-32-36-16-9-10-19-41(36)48-47(43)51-49(53-48)35-14-5-3-6-15-35/h3-32H,1-2H3. The summed E-state index contributed by atoms with van der Waals surface area (Å²) in [6.45, 7) is 4.67. The molecule has 0 aliphatic heterocycles. The van der Waals surface area contributed by atoms with E-state index in [1.807, 2.05) is 30.3 Å². The van der Waals surface area contributed by atoms with Gasteiger partial charge in [0.1, 0.15) is 5.52 Å². The number of hydrogen-bond acceptors (Lipinski definition) is 3. The summed E-state index contributed by atoms with van der Waals surface area (Å²) in [4.78, 5) is 7.38. The minimum absolute atomic E-state index is 0.0331. The first-order valence-electron chi connectivity index (χ1n) is 18.2. The first-order valence-corrected chi connectivity index (χ1v) is 18.2. The van der Waals surface area contributed by atoms with Crippen molar-refractivity contribution in [1.82, 2.24) is 4.98 Å². The van der Waals surface area contributed by atoms with Crippen molar-refractivity contribution in [2.75, 3.05) is 4.90 Å². The van der Waals surface area contributed by atoms with Crippen molar-refractivity contribution in [3.8, 4) is 44.8 Å². The van der Waals surface area contributed by atoms with Crippen LogP contribution in [0.15, 0.2) is 186 Å². The SMILES string of the molecule is CC1(C)c2ccccc2-c2c(-c3ccc(N(c4ccccc4)c4ccc(-c5cc6ccccc6c6oc(-c7ccccc7)nc56)cc4)cc3)cccc21. The van der Waals surface area contributed by atoms with Gasteiger partial charge in [0, 0.05) is 39.0 Å². The van der Waals surface area contributed by atoms with E-state index in [0.717, 1.165) is 55.6 Å². The van der Waals surface area contributed by atoms with Crippen LogP contribution in [0.25, 0.3) is 66.7 Å². The summed E-state index contributed by atoms with van der Waals surface area (Å²) >= 11 is 0. The zero-order valence-electron chi connectivity index (χ0n) is 29.6. The molecule has 0 radical (unpaired) electrons. The molecule has 9 aromatic rings. The molecule has 0 bridgehead atoms. The second kappa shape index (κ2) is 12.2. The van der Waals surface area contributed by atoms with E-state index in [1.54, 1.807) is 0 Å². The van der Waals surface area contributed by atoms with Gasteiger partial charge in [-0.3, -0.25) is 0 Å². The summed E-state index contributed by atoms with van der Waals surface area (Å²) in [6, 6.07) is 64.8. The lowest BCUT2D eigenvalue weighted by molar-refractivity contribution is 0.623. The Morgan fingerprint density at radius 2 is 1.04 bits per heavy atom. The fourth-order valence-corrected chi connectivity index (χ4v) is 8.26. The van der Waals surface area contributed by atoms with Crippen molar-refractivity contribution < 1.29 is 4.42 Å². The molecule has 8 aromatic carbocycles. The van der Waals surface area contributed by atoms with Crippen molar-refractivity contribution in [3.05, 3.63) is 193 Å². The third-order valence-electron chi connectivity index (χ3n) is 10.9. The van der Waals surface area contributed by atoms with Gasteiger partial charge in [0.15, 0.2) is 5.58 Å². The molecule has 0 saturated heterocycles. The highest BCUT2D eigenvalue weighted by atomic mass is 16.3. The van der Waals surface area contributed by atoms with Crippen molar-refractivity contribution in [3.63, 3.8) is 0 Å². The number of nitrogens with zero attached hydrogens (tertiary/aromatic N) is 2. The van der Waals surface area contributed by atoms with Gasteiger partial charge in [-0.2, -0.15) is 0 Å². The van der Waals surface area contributed by atoms with E-state index in [-0.39, 0.29) is 5.41 Å². The fraction of sp³-hybridized carbons (Fsp3) is 0.0600. The Morgan fingerprint density at radius 1 is 0.472 bits per heavy atom. The van der Waals surface area contributed by atoms with Crippen molar-refractivity contribution >= 4 is 38.9 Å². The third kappa shape index (κ3) is 5.08. The summed E-state index contributed by atoms with van der Waals surface area (Å²) in [5, 5.41) is 2.18. The molecule has 0 N–H and O–H groups in total. The molecule has 252 valence electrons. The molecule has 1 aliphatic carbocycles. The highest BCUT2D eigenvalue weighted by Crippen LogP contribution is 2.52. The Balaban J connectivity index is 1.05. The van der Waals surface area contributed by atoms with E-state index in [9.17, 15) is 0 Å². The average molecular weight is 681 g/mol. The predicted octanol–water partition coefficient (Wildman–Crippen LogP) is 13.8. The molecular formula is C50H36N2O. The number of hydrogen-bond donors (Lipinski definition) is 0. The minimum atomic E-state index is -0.0331. The smallest absolute Gasteiger partial charge is 0.227 e. The molecule has 1 aliphatic rings. The first kappa shape index (κ1) is 31.1. The van der Waals surface area contributed by atoms with E-state index >= 15 is 0 Å². The lowest BCUT2D eigenvalue weighted by Gasteiger charge is -2.26. The Bertz CT molecular complexity index is 2780. The van der Waals surface area contributed by atoms with E-state index < -0.39 is 0 Å². The average Bonchev–Trinajstić information content (AvgIpc) is 3.77. The van der Waals surface area contributed by atoms with Crippen LogP contribution in [0.3, 0.4) is 0 Å². The number of fused-ring (bicyclic) bond motifs is 6. The largest absolute Gasteiger partial charge is 0.435 e. The Kier molecular flexibility index (Phi) is 7.16. The maximum atomic E-state index is 6.48. The number of aromatic nitrogens is 1. The van der Waals surface area contributed by atoms with Gasteiger partial charge >= 0.3 is 0 Å². The zero-order valence-corrected chi connectivity index (χ0v) is 29.6. The van der Waals surface area contributed by atoms with Crippen LogP contribution in [0.2, 0.25) is 0 Å². The molecule has 3 heteroatoms. The van der Waals surface area contributed by atoms with Crippen molar-refractivity contribution in [2.45, 2.75) is 19.3 Å². The Labute approximate surface area is 309 Å². The van der Waals surface area contributed by atoms with Crippen LogP contribution in [0.1, 0.15) is 25.0 Å². The van der Waals surface area contributed by atoms with Gasteiger partial charge in [0.2, 0.25) is 5.89 Å². The van der Waals surface area contributed by atoms with Crippen LogP contribution in [-0.2, 0) is 5.41 Å². The Morgan fingerprint density at radius 3 is 1.77 bits per heavy atom. The van der Waals surface area contributed by atoms with Gasteiger partial charge in [0.25, 0.3) is 0 Å². The maximum absolute atomic E-state index is 6.48. The summed E-state index contributed by atoms with van der Waals surface area (Å²) in [5.74, 6) is 0.627. The normalized spacial score (nSPS) is 12.9. The van der Waals surface area contributed by atoms with Gasteiger partial charge in [0.05, 0.1) is 0 Å². The predicted molar refractivity (Wildman–Crippen MR) is 220 cm³/mol. The van der Waals surface area contributed by atoms with Crippen LogP contribution in [0.5, 0.6) is 0 Å². The van der Waals surface area contributed by atoms with Gasteiger partial charge < -0.3 is 9.32 Å². The van der Waals surface area contributed by atoms with Gasteiger partial charge in [-0.1, -0.05) is 141 Å². The van der Waals surface area contributed by atoms with Crippen LogP contribution < -0.4 is 4.90 Å².